The Kier molecular flexibility index (Phi) is 22.9. The first-order valence-electron chi connectivity index (χ1n) is 25.4. The molecule has 0 heterocycles. The molecule has 0 aliphatic rings. The van der Waals surface area contributed by atoms with Crippen molar-refractivity contribution < 1.29 is 75.4 Å². The maximum absolute atomic E-state index is 15.0. The lowest BCUT2D eigenvalue weighted by molar-refractivity contribution is -0.140. The molecule has 0 bridgehead atoms. The van der Waals surface area contributed by atoms with Crippen LogP contribution in [0.2, 0.25) is 0 Å². The summed E-state index contributed by atoms with van der Waals surface area (Å²) >= 11 is 0. The van der Waals surface area contributed by atoms with E-state index in [1.54, 1.807) is 126 Å². The number of benzene rings is 6. The van der Waals surface area contributed by atoms with Crippen molar-refractivity contribution in [3.63, 3.8) is 0 Å². The molecule has 82 heavy (non-hydrogen) atoms. The van der Waals surface area contributed by atoms with Gasteiger partial charge in [-0.15, -0.1) is 0 Å². The van der Waals surface area contributed by atoms with Crippen molar-refractivity contribution in [2.75, 3.05) is 26.4 Å². The molecule has 424 valence electrons. The first kappa shape index (κ1) is 62.9. The Balaban J connectivity index is 0.000000310. The third kappa shape index (κ3) is 19.1. The molecule has 0 saturated heterocycles. The van der Waals surface area contributed by atoms with E-state index in [0.29, 0.717) is 63.5 Å². The Morgan fingerprint density at radius 3 is 0.866 bits per heavy atom. The van der Waals surface area contributed by atoms with E-state index >= 15 is 8.78 Å². The van der Waals surface area contributed by atoms with Gasteiger partial charge in [-0.3, -0.25) is 0 Å². The van der Waals surface area contributed by atoms with Crippen LogP contribution in [0.4, 0.5) is 8.78 Å². The number of carbonyl (C=O) groups excluding carboxylic acids is 6. The number of halogens is 2. The number of rotatable bonds is 24. The zero-order valence-electron chi connectivity index (χ0n) is 46.5. The molecule has 16 heteroatoms. The SMILES string of the molecule is C=C(C)C(=O)OCCCOc1ccc(-c2cc(OC(=O)C(=C)C)cc(-c3ccc(OCCCOC(=O)C(=C)C)c(F)c3)c2)cc1F.C=C(C)C(=O)Oc1ccc(-c2cc(OC(=O)C(=C)C)cc(-c3ccc(OC(=O)C(=C)C)cc3)c2)cc1. The van der Waals surface area contributed by atoms with Crippen LogP contribution in [0.3, 0.4) is 0 Å². The van der Waals surface area contributed by atoms with Gasteiger partial charge in [0.2, 0.25) is 0 Å². The second kappa shape index (κ2) is 29.9. The molecule has 0 radical (unpaired) electrons. The largest absolute Gasteiger partial charge is 0.490 e. The van der Waals surface area contributed by atoms with Crippen LogP contribution in [-0.2, 0) is 38.2 Å². The lowest BCUT2D eigenvalue weighted by Gasteiger charge is -2.13. The number of esters is 6. The third-order valence-corrected chi connectivity index (χ3v) is 11.2. The van der Waals surface area contributed by atoms with Crippen LogP contribution in [0.25, 0.3) is 44.5 Å². The first-order valence-corrected chi connectivity index (χ1v) is 25.4. The molecule has 6 aromatic carbocycles. The van der Waals surface area contributed by atoms with Gasteiger partial charge in [-0.25, -0.2) is 37.5 Å². The van der Waals surface area contributed by atoms with E-state index in [0.717, 1.165) is 22.3 Å². The second-order valence-electron chi connectivity index (χ2n) is 18.7. The molecule has 0 amide bonds. The average Bonchev–Trinajstić information content (AvgIpc) is 3.44. The summed E-state index contributed by atoms with van der Waals surface area (Å²) in [5, 5.41) is 0. The van der Waals surface area contributed by atoms with Gasteiger partial charge in [0.25, 0.3) is 0 Å². The topological polar surface area (TPSA) is 176 Å². The molecule has 0 fully saturated rings. The fraction of sp³-hybridized carbons (Fsp3) is 0.182. The number of hydrogen-bond donors (Lipinski definition) is 0. The van der Waals surface area contributed by atoms with Crippen LogP contribution in [0.15, 0.2) is 194 Å². The average molecular weight is 1120 g/mol. The monoisotopic (exact) mass is 1120 g/mol. The van der Waals surface area contributed by atoms with E-state index in [1.165, 1.54) is 31.2 Å². The third-order valence-electron chi connectivity index (χ3n) is 11.2. The van der Waals surface area contributed by atoms with Gasteiger partial charge in [0.1, 0.15) is 23.0 Å². The normalized spacial score (nSPS) is 10.3. The van der Waals surface area contributed by atoms with Crippen molar-refractivity contribution in [3.05, 3.63) is 206 Å². The van der Waals surface area contributed by atoms with E-state index in [4.69, 9.17) is 37.9 Å². The van der Waals surface area contributed by atoms with Crippen molar-refractivity contribution in [2.24, 2.45) is 0 Å². The van der Waals surface area contributed by atoms with Crippen LogP contribution < -0.4 is 28.4 Å². The molecular weight excluding hydrogens is 1050 g/mol. The first-order chi connectivity index (χ1) is 38.9. The Hall–Kier alpha value is -9.96. The van der Waals surface area contributed by atoms with Gasteiger partial charge < -0.3 is 37.9 Å². The molecule has 6 aromatic rings. The van der Waals surface area contributed by atoms with Gasteiger partial charge in [-0.05, 0) is 171 Å². The molecule has 0 aliphatic heterocycles. The van der Waals surface area contributed by atoms with Crippen molar-refractivity contribution in [1.82, 2.24) is 0 Å². The number of carbonyl (C=O) groups is 6. The van der Waals surface area contributed by atoms with Crippen molar-refractivity contribution in [2.45, 2.75) is 54.4 Å². The highest BCUT2D eigenvalue weighted by Gasteiger charge is 2.17. The van der Waals surface area contributed by atoms with Crippen LogP contribution in [0.5, 0.6) is 34.5 Å². The van der Waals surface area contributed by atoms with Gasteiger partial charge in [0.15, 0.2) is 23.1 Å². The van der Waals surface area contributed by atoms with Gasteiger partial charge in [-0.1, -0.05) is 75.9 Å². The van der Waals surface area contributed by atoms with Crippen molar-refractivity contribution in [3.8, 4) is 79.0 Å². The molecule has 0 aliphatic carbocycles. The molecule has 0 atom stereocenters. The van der Waals surface area contributed by atoms with Crippen molar-refractivity contribution in [1.29, 1.82) is 0 Å². The predicted molar refractivity (Wildman–Crippen MR) is 308 cm³/mol. The molecule has 0 spiro atoms. The summed E-state index contributed by atoms with van der Waals surface area (Å²) in [4.78, 5) is 71.0. The van der Waals surface area contributed by atoms with E-state index in [2.05, 4.69) is 39.5 Å². The smallest absolute Gasteiger partial charge is 0.338 e. The second-order valence-corrected chi connectivity index (χ2v) is 18.7. The molecular formula is C66H62F2O14. The minimum Gasteiger partial charge on any atom is -0.490 e. The molecule has 0 N–H and O–H groups in total. The zero-order chi connectivity index (χ0) is 60.2. The highest BCUT2D eigenvalue weighted by Crippen LogP contribution is 2.36. The minimum absolute atomic E-state index is 0.00621. The Bertz CT molecular complexity index is 3270. The Morgan fingerprint density at radius 2 is 0.585 bits per heavy atom. The van der Waals surface area contributed by atoms with Gasteiger partial charge in [0.05, 0.1) is 26.4 Å². The molecule has 0 saturated carbocycles. The van der Waals surface area contributed by atoms with E-state index in [9.17, 15) is 28.8 Å². The highest BCUT2D eigenvalue weighted by atomic mass is 19.1. The van der Waals surface area contributed by atoms with Crippen LogP contribution in [-0.4, -0.2) is 62.2 Å². The summed E-state index contributed by atoms with van der Waals surface area (Å²) in [6.07, 6.45) is 0.704. The van der Waals surface area contributed by atoms with E-state index < -0.39 is 47.5 Å². The highest BCUT2D eigenvalue weighted by molar-refractivity contribution is 5.92. The van der Waals surface area contributed by atoms with Crippen LogP contribution >= 0.6 is 0 Å². The number of hydrogen-bond acceptors (Lipinski definition) is 14. The standard InChI is InChI=1S/C36H36F2O8.C30H26O6/c1-22(2)34(39)44-15-7-13-42-32-11-9-25(20-30(32)37)27-17-28(19-29(18-27)46-36(41)24(5)6)26-10-12-33(31(38)21-26)43-14-8-16-45-35(40)23(3)4;1-18(2)28(31)34-25-11-7-21(8-12-25)23-15-24(17-27(16-23)36-30(33)20(5)6)22-9-13-26(14-10-22)35-29(32)19(3)4/h9-12,17-21H,1,3,5,7-8,13-16H2,2,4,6H3;7-17H,1,3,5H2,2,4,6H3. The molecule has 6 rings (SSSR count). The number of ether oxygens (including phenoxy) is 8. The van der Waals surface area contributed by atoms with Gasteiger partial charge in [-0.2, -0.15) is 0 Å². The Labute approximate surface area is 475 Å². The summed E-state index contributed by atoms with van der Waals surface area (Å²) in [6.45, 7) is 31.2. The maximum atomic E-state index is 15.0. The lowest BCUT2D eigenvalue weighted by atomic mass is 9.98. The lowest BCUT2D eigenvalue weighted by Crippen LogP contribution is -2.09. The summed E-state index contributed by atoms with van der Waals surface area (Å²) < 4.78 is 72.6. The van der Waals surface area contributed by atoms with Gasteiger partial charge in [0, 0.05) is 46.3 Å². The summed E-state index contributed by atoms with van der Waals surface area (Å²) in [5.41, 5.74) is 6.66. The fourth-order valence-corrected chi connectivity index (χ4v) is 6.84. The summed E-state index contributed by atoms with van der Waals surface area (Å²) in [5.74, 6) is -3.21. The van der Waals surface area contributed by atoms with Gasteiger partial charge >= 0.3 is 35.8 Å². The fourth-order valence-electron chi connectivity index (χ4n) is 6.84. The summed E-state index contributed by atoms with van der Waals surface area (Å²) in [7, 11) is 0. The quantitative estimate of drug-likeness (QED) is 0.0242. The Morgan fingerprint density at radius 1 is 0.317 bits per heavy atom. The van der Waals surface area contributed by atoms with E-state index in [-0.39, 0.29) is 66.0 Å². The zero-order valence-corrected chi connectivity index (χ0v) is 46.5. The molecule has 14 nitrogen and oxygen atoms in total. The van der Waals surface area contributed by atoms with Crippen LogP contribution in [0.1, 0.15) is 54.4 Å². The summed E-state index contributed by atoms with van der Waals surface area (Å²) in [6, 6.07) is 32.8. The maximum Gasteiger partial charge on any atom is 0.338 e. The molecule has 0 aromatic heterocycles. The predicted octanol–water partition coefficient (Wildman–Crippen LogP) is 14.0. The minimum atomic E-state index is -0.657. The van der Waals surface area contributed by atoms with Crippen LogP contribution in [0, 0.1) is 11.6 Å². The molecule has 0 unspecified atom stereocenters. The van der Waals surface area contributed by atoms with Crippen molar-refractivity contribution >= 4 is 35.8 Å². The van der Waals surface area contributed by atoms with E-state index in [1.807, 2.05) is 6.07 Å².